The molecule has 1 aromatic heterocycles. The molecule has 19 heavy (non-hydrogen) atoms. The largest absolute Gasteiger partial charge is 0.465 e. The molecule has 0 saturated carbocycles. The summed E-state index contributed by atoms with van der Waals surface area (Å²) in [6, 6.07) is 1.38. The summed E-state index contributed by atoms with van der Waals surface area (Å²) >= 11 is 0. The number of ether oxygens (including phenoxy) is 2. The van der Waals surface area contributed by atoms with Crippen molar-refractivity contribution in [3.63, 3.8) is 0 Å². The van der Waals surface area contributed by atoms with Gasteiger partial charge in [-0.15, -0.1) is 0 Å². The van der Waals surface area contributed by atoms with Gasteiger partial charge in [0.1, 0.15) is 0 Å². The van der Waals surface area contributed by atoms with Gasteiger partial charge in [0.15, 0.2) is 6.29 Å². The van der Waals surface area contributed by atoms with E-state index in [-0.39, 0.29) is 12.0 Å². The Kier molecular flexibility index (Phi) is 4.01. The number of hydrogen-bond donors (Lipinski definition) is 1. The molecule has 0 aromatic carbocycles. The number of esters is 1. The number of carbonyl (C=O) groups is 1. The number of nitrogens with zero attached hydrogens (tertiary/aromatic N) is 1. The SMILES string of the molecule is COC(=O)c1c(CC(O)OC)cc(=O)n2c1CCC2. The Morgan fingerprint density at radius 3 is 2.89 bits per heavy atom. The summed E-state index contributed by atoms with van der Waals surface area (Å²) in [4.78, 5) is 23.9. The third-order valence-corrected chi connectivity index (χ3v) is 3.35. The molecule has 0 saturated heterocycles. The second-order valence-corrected chi connectivity index (χ2v) is 4.47. The second kappa shape index (κ2) is 5.54. The molecule has 0 fully saturated rings. The van der Waals surface area contributed by atoms with E-state index in [2.05, 4.69) is 0 Å². The summed E-state index contributed by atoms with van der Waals surface area (Å²) in [5.74, 6) is -0.482. The molecule has 2 rings (SSSR count). The summed E-state index contributed by atoms with van der Waals surface area (Å²) in [6.07, 6.45) is 0.531. The van der Waals surface area contributed by atoms with Gasteiger partial charge in [-0.05, 0) is 18.4 Å². The molecule has 1 aromatic rings. The summed E-state index contributed by atoms with van der Waals surface area (Å²) in [5.41, 5.74) is 1.39. The molecule has 2 heterocycles. The van der Waals surface area contributed by atoms with E-state index in [9.17, 15) is 14.7 Å². The second-order valence-electron chi connectivity index (χ2n) is 4.47. The Hall–Kier alpha value is -1.66. The van der Waals surface area contributed by atoms with Crippen LogP contribution in [0.3, 0.4) is 0 Å². The van der Waals surface area contributed by atoms with Crippen molar-refractivity contribution in [2.75, 3.05) is 14.2 Å². The van der Waals surface area contributed by atoms with Gasteiger partial charge in [-0.3, -0.25) is 4.79 Å². The number of methoxy groups -OCH3 is 2. The van der Waals surface area contributed by atoms with Crippen LogP contribution in [0.5, 0.6) is 0 Å². The number of aromatic nitrogens is 1. The highest BCUT2D eigenvalue weighted by atomic mass is 16.6. The minimum atomic E-state index is -1.05. The van der Waals surface area contributed by atoms with Crippen LogP contribution in [0.2, 0.25) is 0 Å². The maximum atomic E-state index is 12.0. The molecule has 6 heteroatoms. The Balaban J connectivity index is 2.55. The molecule has 1 atom stereocenters. The number of pyridine rings is 1. The van der Waals surface area contributed by atoms with Gasteiger partial charge in [-0.2, -0.15) is 0 Å². The maximum absolute atomic E-state index is 12.0. The van der Waals surface area contributed by atoms with Crippen LogP contribution in [0, 0.1) is 0 Å². The fraction of sp³-hybridized carbons (Fsp3) is 0.538. The minimum absolute atomic E-state index is 0.0873. The number of fused-ring (bicyclic) bond motifs is 1. The van der Waals surface area contributed by atoms with Gasteiger partial charge in [0, 0.05) is 31.8 Å². The molecule has 1 aliphatic rings. The average Bonchev–Trinajstić information content (AvgIpc) is 2.87. The molecule has 6 nitrogen and oxygen atoms in total. The summed E-state index contributed by atoms with van der Waals surface area (Å²) < 4.78 is 11.1. The van der Waals surface area contributed by atoms with Crippen molar-refractivity contribution < 1.29 is 19.4 Å². The van der Waals surface area contributed by atoms with E-state index < -0.39 is 12.3 Å². The molecule has 0 radical (unpaired) electrons. The van der Waals surface area contributed by atoms with Crippen molar-refractivity contribution in [3.8, 4) is 0 Å². The predicted molar refractivity (Wildman–Crippen MR) is 67.1 cm³/mol. The van der Waals surface area contributed by atoms with E-state index in [0.29, 0.717) is 29.8 Å². The lowest BCUT2D eigenvalue weighted by molar-refractivity contribution is -0.0721. The first-order valence-corrected chi connectivity index (χ1v) is 6.13. The van der Waals surface area contributed by atoms with E-state index in [1.165, 1.54) is 20.3 Å². The van der Waals surface area contributed by atoms with Crippen LogP contribution in [-0.4, -0.2) is 36.2 Å². The fourth-order valence-electron chi connectivity index (χ4n) is 2.45. The Bertz CT molecular complexity index is 549. The third kappa shape index (κ3) is 2.54. The summed E-state index contributed by atoms with van der Waals surface area (Å²) in [5, 5.41) is 9.55. The van der Waals surface area contributed by atoms with Crippen molar-refractivity contribution in [3.05, 3.63) is 33.2 Å². The van der Waals surface area contributed by atoms with E-state index in [1.54, 1.807) is 4.57 Å². The Morgan fingerprint density at radius 2 is 2.26 bits per heavy atom. The van der Waals surface area contributed by atoms with E-state index in [4.69, 9.17) is 9.47 Å². The first-order valence-electron chi connectivity index (χ1n) is 6.13. The van der Waals surface area contributed by atoms with E-state index >= 15 is 0 Å². The van der Waals surface area contributed by atoms with Gasteiger partial charge in [0.05, 0.1) is 12.7 Å². The molecule has 0 spiro atoms. The van der Waals surface area contributed by atoms with Crippen LogP contribution < -0.4 is 5.56 Å². The monoisotopic (exact) mass is 267 g/mol. The third-order valence-electron chi connectivity index (χ3n) is 3.35. The van der Waals surface area contributed by atoms with Gasteiger partial charge in [-0.25, -0.2) is 4.79 Å². The normalized spacial score (nSPS) is 15.1. The molecular formula is C13H17NO5. The van der Waals surface area contributed by atoms with Crippen LogP contribution in [0.1, 0.15) is 28.0 Å². The Morgan fingerprint density at radius 1 is 1.53 bits per heavy atom. The van der Waals surface area contributed by atoms with Crippen molar-refractivity contribution in [1.29, 1.82) is 0 Å². The van der Waals surface area contributed by atoms with Crippen LogP contribution in [0.4, 0.5) is 0 Å². The molecule has 1 aliphatic heterocycles. The zero-order chi connectivity index (χ0) is 14.0. The smallest absolute Gasteiger partial charge is 0.339 e. The lowest BCUT2D eigenvalue weighted by Gasteiger charge is -2.15. The number of hydrogen-bond acceptors (Lipinski definition) is 5. The number of aliphatic hydroxyl groups is 1. The average molecular weight is 267 g/mol. The van der Waals surface area contributed by atoms with Crippen LogP contribution in [0.25, 0.3) is 0 Å². The summed E-state index contributed by atoms with van der Waals surface area (Å²) in [6.45, 7) is 0.616. The molecule has 0 bridgehead atoms. The van der Waals surface area contributed by atoms with Crippen LogP contribution in [0.15, 0.2) is 10.9 Å². The van der Waals surface area contributed by atoms with Crippen molar-refractivity contribution in [1.82, 2.24) is 4.57 Å². The molecule has 1 N–H and O–H groups in total. The maximum Gasteiger partial charge on any atom is 0.339 e. The van der Waals surface area contributed by atoms with Gasteiger partial charge in [-0.1, -0.05) is 0 Å². The standard InChI is InChI=1S/C13H17NO5/c1-18-11(16)7-8-6-10(15)14-5-3-4-9(14)12(8)13(17)19-2/h6,11,16H,3-5,7H2,1-2H3. The minimum Gasteiger partial charge on any atom is -0.465 e. The molecule has 0 aliphatic carbocycles. The van der Waals surface area contributed by atoms with E-state index in [1.807, 2.05) is 0 Å². The molecule has 104 valence electrons. The Labute approximate surface area is 110 Å². The van der Waals surface area contributed by atoms with Crippen molar-refractivity contribution in [2.45, 2.75) is 32.1 Å². The van der Waals surface area contributed by atoms with Gasteiger partial charge in [0.25, 0.3) is 5.56 Å². The molecule has 1 unspecified atom stereocenters. The first-order chi connectivity index (χ1) is 9.08. The highest BCUT2D eigenvalue weighted by molar-refractivity contribution is 5.92. The van der Waals surface area contributed by atoms with Gasteiger partial charge >= 0.3 is 5.97 Å². The summed E-state index contributed by atoms with van der Waals surface area (Å²) in [7, 11) is 2.67. The van der Waals surface area contributed by atoms with Crippen molar-refractivity contribution in [2.24, 2.45) is 0 Å². The van der Waals surface area contributed by atoms with E-state index in [0.717, 1.165) is 6.42 Å². The van der Waals surface area contributed by atoms with Crippen LogP contribution >= 0.6 is 0 Å². The molecular weight excluding hydrogens is 250 g/mol. The number of rotatable bonds is 4. The lowest BCUT2D eigenvalue weighted by Crippen LogP contribution is -2.26. The number of aliphatic hydroxyl groups excluding tert-OH is 1. The predicted octanol–water partition coefficient (Wildman–Crippen LogP) is 0.0884. The highest BCUT2D eigenvalue weighted by Gasteiger charge is 2.25. The lowest BCUT2D eigenvalue weighted by atomic mass is 10.0. The van der Waals surface area contributed by atoms with Gasteiger partial charge < -0.3 is 19.1 Å². The topological polar surface area (TPSA) is 77.8 Å². The van der Waals surface area contributed by atoms with Crippen LogP contribution in [-0.2, 0) is 28.9 Å². The first kappa shape index (κ1) is 13.8. The molecule has 0 amide bonds. The van der Waals surface area contributed by atoms with Crippen molar-refractivity contribution >= 4 is 5.97 Å². The number of carbonyl (C=O) groups excluding carboxylic acids is 1. The highest BCUT2D eigenvalue weighted by Crippen LogP contribution is 2.22. The zero-order valence-electron chi connectivity index (χ0n) is 11.0. The quantitative estimate of drug-likeness (QED) is 0.618. The van der Waals surface area contributed by atoms with Gasteiger partial charge in [0.2, 0.25) is 0 Å². The zero-order valence-corrected chi connectivity index (χ0v) is 11.0. The fourth-order valence-corrected chi connectivity index (χ4v) is 2.45.